The molecule has 0 amide bonds. The zero-order valence-electron chi connectivity index (χ0n) is 3.74. The highest BCUT2D eigenvalue weighted by atomic mass is 35.5. The van der Waals surface area contributed by atoms with Crippen molar-refractivity contribution in [2.24, 2.45) is 0 Å². The number of allylic oxidation sites excluding steroid dienone is 1. The summed E-state index contributed by atoms with van der Waals surface area (Å²) in [6.45, 7) is 1.54. The SMILES string of the molecule is CC(=CCl)C(=O)Cl. The van der Waals surface area contributed by atoms with Crippen LogP contribution >= 0.6 is 23.2 Å². The van der Waals surface area contributed by atoms with Crippen molar-refractivity contribution >= 4 is 28.4 Å². The summed E-state index contributed by atoms with van der Waals surface area (Å²) in [6, 6.07) is 0. The van der Waals surface area contributed by atoms with Crippen LogP contribution in [0.2, 0.25) is 0 Å². The second-order valence-electron chi connectivity index (χ2n) is 1.07. The van der Waals surface area contributed by atoms with Crippen molar-refractivity contribution in [3.63, 3.8) is 0 Å². The summed E-state index contributed by atoms with van der Waals surface area (Å²) in [5.74, 6) is 0. The van der Waals surface area contributed by atoms with Crippen molar-refractivity contribution in [2.45, 2.75) is 6.92 Å². The van der Waals surface area contributed by atoms with E-state index in [9.17, 15) is 4.79 Å². The van der Waals surface area contributed by atoms with Gasteiger partial charge in [-0.1, -0.05) is 11.6 Å². The van der Waals surface area contributed by atoms with Crippen LogP contribution in [-0.2, 0) is 4.79 Å². The van der Waals surface area contributed by atoms with Crippen molar-refractivity contribution in [2.75, 3.05) is 0 Å². The molecule has 0 N–H and O–H groups in total. The van der Waals surface area contributed by atoms with E-state index in [-0.39, 0.29) is 0 Å². The largest absolute Gasteiger partial charge is 0.276 e. The van der Waals surface area contributed by atoms with E-state index in [0.29, 0.717) is 5.57 Å². The third kappa shape index (κ3) is 2.66. The Hall–Kier alpha value is -0.0100. The molecule has 0 aromatic rings. The molecule has 0 aromatic carbocycles. The van der Waals surface area contributed by atoms with Gasteiger partial charge in [-0.05, 0) is 18.5 Å². The molecule has 0 heterocycles. The summed E-state index contributed by atoms with van der Waals surface area (Å²) >= 11 is 10.0. The van der Waals surface area contributed by atoms with Gasteiger partial charge in [0.1, 0.15) is 0 Å². The Morgan fingerprint density at radius 1 is 1.71 bits per heavy atom. The molecule has 0 radical (unpaired) electrons. The Labute approximate surface area is 51.9 Å². The highest BCUT2D eigenvalue weighted by molar-refractivity contribution is 6.68. The van der Waals surface area contributed by atoms with Crippen LogP contribution in [0.1, 0.15) is 6.92 Å². The van der Waals surface area contributed by atoms with E-state index in [1.807, 2.05) is 0 Å². The Balaban J connectivity index is 3.82. The van der Waals surface area contributed by atoms with Gasteiger partial charge in [0, 0.05) is 11.1 Å². The van der Waals surface area contributed by atoms with Gasteiger partial charge in [-0.25, -0.2) is 0 Å². The zero-order valence-corrected chi connectivity index (χ0v) is 5.25. The monoisotopic (exact) mass is 138 g/mol. The first-order valence-electron chi connectivity index (χ1n) is 1.65. The van der Waals surface area contributed by atoms with Gasteiger partial charge in [0.25, 0.3) is 0 Å². The molecule has 3 heteroatoms. The first-order valence-corrected chi connectivity index (χ1v) is 2.46. The Morgan fingerprint density at radius 3 is 2.14 bits per heavy atom. The molecule has 0 aliphatic rings. The van der Waals surface area contributed by atoms with Crippen molar-refractivity contribution in [3.8, 4) is 0 Å². The maximum absolute atomic E-state index is 9.99. The highest BCUT2D eigenvalue weighted by Crippen LogP contribution is 1.98. The Bertz CT molecular complexity index is 106. The van der Waals surface area contributed by atoms with Crippen LogP contribution in [0.5, 0.6) is 0 Å². The standard InChI is InChI=1S/C4H4Cl2O/c1-3(2-5)4(6)7/h2H,1H3. The predicted octanol–water partition coefficient (Wildman–Crippen LogP) is 1.89. The molecule has 0 bridgehead atoms. The van der Waals surface area contributed by atoms with Gasteiger partial charge in [0.05, 0.1) is 0 Å². The van der Waals surface area contributed by atoms with Crippen LogP contribution in [-0.4, -0.2) is 5.24 Å². The lowest BCUT2D eigenvalue weighted by Gasteiger charge is -1.81. The van der Waals surface area contributed by atoms with E-state index in [1.54, 1.807) is 6.92 Å². The number of carbonyl (C=O) groups is 1. The smallest absolute Gasteiger partial charge is 0.248 e. The molecule has 0 saturated carbocycles. The molecular weight excluding hydrogens is 135 g/mol. The molecule has 0 unspecified atom stereocenters. The number of hydrogen-bond acceptors (Lipinski definition) is 1. The molecule has 0 aliphatic carbocycles. The van der Waals surface area contributed by atoms with E-state index in [0.717, 1.165) is 5.54 Å². The van der Waals surface area contributed by atoms with Gasteiger partial charge in [-0.2, -0.15) is 0 Å². The van der Waals surface area contributed by atoms with Crippen molar-refractivity contribution in [3.05, 3.63) is 11.1 Å². The summed E-state index contributed by atoms with van der Waals surface area (Å²) in [6.07, 6.45) is 0. The lowest BCUT2D eigenvalue weighted by molar-refractivity contribution is -0.108. The van der Waals surface area contributed by atoms with E-state index in [2.05, 4.69) is 0 Å². The highest BCUT2D eigenvalue weighted by Gasteiger charge is 1.93. The van der Waals surface area contributed by atoms with Gasteiger partial charge in [-0.3, -0.25) is 4.79 Å². The molecular formula is C4H4Cl2O. The number of rotatable bonds is 1. The summed E-state index contributed by atoms with van der Waals surface area (Å²) in [4.78, 5) is 9.99. The fraction of sp³-hybridized carbons (Fsp3) is 0.250. The van der Waals surface area contributed by atoms with Crippen molar-refractivity contribution < 1.29 is 4.79 Å². The molecule has 0 atom stereocenters. The fourth-order valence-electron chi connectivity index (χ4n) is 0.0429. The molecule has 0 aromatic heterocycles. The Kier molecular flexibility index (Phi) is 3.05. The predicted molar refractivity (Wildman–Crippen MR) is 30.5 cm³/mol. The maximum Gasteiger partial charge on any atom is 0.248 e. The normalized spacial score (nSPS) is 11.6. The minimum absolute atomic E-state index is 0.364. The van der Waals surface area contributed by atoms with Crippen molar-refractivity contribution in [1.82, 2.24) is 0 Å². The molecule has 7 heavy (non-hydrogen) atoms. The summed E-state index contributed by atoms with van der Waals surface area (Å²) in [5, 5.41) is -0.505. The fourth-order valence-corrected chi connectivity index (χ4v) is 0.252. The summed E-state index contributed by atoms with van der Waals surface area (Å²) in [7, 11) is 0. The minimum atomic E-state index is -0.505. The third-order valence-corrected chi connectivity index (χ3v) is 1.10. The number of halogens is 2. The lowest BCUT2D eigenvalue weighted by atomic mass is 10.4. The summed E-state index contributed by atoms with van der Waals surface area (Å²) in [5.41, 5.74) is 1.51. The van der Waals surface area contributed by atoms with Gasteiger partial charge in [0.15, 0.2) is 0 Å². The summed E-state index contributed by atoms with van der Waals surface area (Å²) < 4.78 is 0. The average molecular weight is 139 g/mol. The molecule has 40 valence electrons. The van der Waals surface area contributed by atoms with E-state index < -0.39 is 5.24 Å². The van der Waals surface area contributed by atoms with Gasteiger partial charge < -0.3 is 0 Å². The van der Waals surface area contributed by atoms with Crippen LogP contribution in [0.4, 0.5) is 0 Å². The van der Waals surface area contributed by atoms with Gasteiger partial charge in [0.2, 0.25) is 5.24 Å². The lowest BCUT2D eigenvalue weighted by Crippen LogP contribution is -1.83. The van der Waals surface area contributed by atoms with Crippen LogP contribution in [0.15, 0.2) is 11.1 Å². The van der Waals surface area contributed by atoms with Gasteiger partial charge >= 0.3 is 0 Å². The second-order valence-corrected chi connectivity index (χ2v) is 1.63. The molecule has 0 fully saturated rings. The maximum atomic E-state index is 9.99. The quantitative estimate of drug-likeness (QED) is 0.400. The Morgan fingerprint density at radius 2 is 2.14 bits per heavy atom. The molecule has 0 rings (SSSR count). The topological polar surface area (TPSA) is 17.1 Å². The van der Waals surface area contributed by atoms with E-state index >= 15 is 0 Å². The third-order valence-electron chi connectivity index (χ3n) is 0.474. The van der Waals surface area contributed by atoms with Crippen LogP contribution in [0, 0.1) is 0 Å². The average Bonchev–Trinajstić information content (AvgIpc) is 1.65. The van der Waals surface area contributed by atoms with Crippen LogP contribution < -0.4 is 0 Å². The molecule has 0 spiro atoms. The molecule has 1 nitrogen and oxygen atoms in total. The van der Waals surface area contributed by atoms with Gasteiger partial charge in [-0.15, -0.1) is 0 Å². The number of hydrogen-bond donors (Lipinski definition) is 0. The van der Waals surface area contributed by atoms with Crippen molar-refractivity contribution in [1.29, 1.82) is 0 Å². The van der Waals surface area contributed by atoms with E-state index in [4.69, 9.17) is 23.2 Å². The molecule has 0 aliphatic heterocycles. The van der Waals surface area contributed by atoms with E-state index in [1.165, 1.54) is 0 Å². The molecule has 0 saturated heterocycles. The second kappa shape index (κ2) is 3.05. The first kappa shape index (κ1) is 6.99. The number of carbonyl (C=O) groups excluding carboxylic acids is 1. The minimum Gasteiger partial charge on any atom is -0.276 e. The van der Waals surface area contributed by atoms with Crippen LogP contribution in [0.3, 0.4) is 0 Å². The van der Waals surface area contributed by atoms with Crippen LogP contribution in [0.25, 0.3) is 0 Å². The zero-order chi connectivity index (χ0) is 5.86. The first-order chi connectivity index (χ1) is 3.18.